The fourth-order valence-corrected chi connectivity index (χ4v) is 1.71. The van der Waals surface area contributed by atoms with Crippen LogP contribution < -0.4 is 4.90 Å². The number of halogens is 2. The quantitative estimate of drug-likeness (QED) is 0.903. The van der Waals surface area contributed by atoms with Crippen LogP contribution in [0.25, 0.3) is 0 Å². The molecule has 0 atom stereocenters. The molecule has 5 heteroatoms. The van der Waals surface area contributed by atoms with Gasteiger partial charge in [-0.15, -0.1) is 0 Å². The first-order valence-corrected chi connectivity index (χ1v) is 5.52. The first kappa shape index (κ1) is 13.8. The molecular weight excluding hydrogens is 245 g/mol. The van der Waals surface area contributed by atoms with E-state index in [4.69, 9.17) is 16.7 Å². The van der Waals surface area contributed by atoms with Crippen molar-refractivity contribution >= 4 is 23.3 Å². The van der Waals surface area contributed by atoms with Gasteiger partial charge in [0.15, 0.2) is 0 Å². The van der Waals surface area contributed by atoms with Crippen molar-refractivity contribution in [2.24, 2.45) is 0 Å². The Bertz CT molecular complexity index is 435. The van der Waals surface area contributed by atoms with E-state index in [0.717, 1.165) is 0 Å². The Morgan fingerprint density at radius 3 is 2.59 bits per heavy atom. The molecule has 0 saturated carbocycles. The number of nitrogens with zero attached hydrogens (tertiary/aromatic N) is 1. The zero-order chi connectivity index (χ0) is 13.2. The summed E-state index contributed by atoms with van der Waals surface area (Å²) in [6, 6.07) is 4.33. The summed E-state index contributed by atoms with van der Waals surface area (Å²) in [5, 5.41) is 8.86. The van der Waals surface area contributed by atoms with Crippen LogP contribution in [0.4, 0.5) is 10.1 Å². The molecule has 0 unspecified atom stereocenters. The first-order valence-electron chi connectivity index (χ1n) is 5.15. The summed E-state index contributed by atoms with van der Waals surface area (Å²) >= 11 is 5.70. The molecule has 94 valence electrons. The molecule has 0 aliphatic rings. The van der Waals surface area contributed by atoms with Gasteiger partial charge in [-0.3, -0.25) is 4.79 Å². The van der Waals surface area contributed by atoms with E-state index in [2.05, 4.69) is 0 Å². The highest BCUT2D eigenvalue weighted by atomic mass is 35.5. The van der Waals surface area contributed by atoms with Crippen molar-refractivity contribution in [3.8, 4) is 0 Å². The van der Waals surface area contributed by atoms with Gasteiger partial charge < -0.3 is 10.0 Å². The molecule has 0 aliphatic heterocycles. The van der Waals surface area contributed by atoms with Crippen LogP contribution in [0.2, 0.25) is 5.02 Å². The topological polar surface area (TPSA) is 40.5 Å². The van der Waals surface area contributed by atoms with Crippen LogP contribution >= 0.6 is 11.6 Å². The van der Waals surface area contributed by atoms with E-state index in [1.54, 1.807) is 31.9 Å². The van der Waals surface area contributed by atoms with Gasteiger partial charge in [-0.1, -0.05) is 11.6 Å². The molecule has 0 saturated heterocycles. The molecule has 0 heterocycles. The van der Waals surface area contributed by atoms with E-state index in [1.807, 2.05) is 0 Å². The lowest BCUT2D eigenvalue weighted by Gasteiger charge is -2.36. The molecule has 1 aromatic carbocycles. The van der Waals surface area contributed by atoms with Crippen molar-refractivity contribution in [2.45, 2.75) is 25.8 Å². The van der Waals surface area contributed by atoms with E-state index in [9.17, 15) is 9.18 Å². The number of carbonyl (C=O) groups is 1. The van der Waals surface area contributed by atoms with Crippen LogP contribution in [0, 0.1) is 5.82 Å². The molecule has 0 amide bonds. The molecule has 0 aliphatic carbocycles. The van der Waals surface area contributed by atoms with E-state index in [1.165, 1.54) is 12.1 Å². The summed E-state index contributed by atoms with van der Waals surface area (Å²) in [7, 11) is 1.76. The third kappa shape index (κ3) is 3.33. The van der Waals surface area contributed by atoms with Crippen molar-refractivity contribution < 1.29 is 14.3 Å². The molecule has 1 N–H and O–H groups in total. The lowest BCUT2D eigenvalue weighted by molar-refractivity contribution is -0.138. The Hall–Kier alpha value is -1.29. The average Bonchev–Trinajstić information content (AvgIpc) is 2.19. The minimum atomic E-state index is -0.880. The van der Waals surface area contributed by atoms with Crippen LogP contribution in [0.1, 0.15) is 20.3 Å². The van der Waals surface area contributed by atoms with Gasteiger partial charge in [0.2, 0.25) is 0 Å². The van der Waals surface area contributed by atoms with Crippen molar-refractivity contribution in [3.05, 3.63) is 29.0 Å². The van der Waals surface area contributed by atoms with E-state index >= 15 is 0 Å². The molecule has 0 radical (unpaired) electrons. The molecule has 0 bridgehead atoms. The number of carboxylic acids is 1. The largest absolute Gasteiger partial charge is 0.481 e. The lowest BCUT2D eigenvalue weighted by atomic mass is 9.98. The molecule has 0 aromatic heterocycles. The minimum absolute atomic E-state index is 0.0154. The smallest absolute Gasteiger partial charge is 0.305 e. The van der Waals surface area contributed by atoms with Crippen LogP contribution in [0.15, 0.2) is 18.2 Å². The molecule has 17 heavy (non-hydrogen) atoms. The number of aliphatic carboxylic acids is 1. The summed E-state index contributed by atoms with van der Waals surface area (Å²) in [4.78, 5) is 12.5. The zero-order valence-electron chi connectivity index (χ0n) is 10.00. The molecule has 0 fully saturated rings. The van der Waals surface area contributed by atoms with Crippen LogP contribution in [-0.4, -0.2) is 23.7 Å². The third-order valence-corrected chi connectivity index (χ3v) is 3.07. The summed E-state index contributed by atoms with van der Waals surface area (Å²) < 4.78 is 13.0. The Labute approximate surface area is 105 Å². The number of carboxylic acid groups (broad SMARTS) is 1. The fourth-order valence-electron chi connectivity index (χ4n) is 1.53. The van der Waals surface area contributed by atoms with Crippen LogP contribution in [-0.2, 0) is 4.79 Å². The normalized spacial score (nSPS) is 11.4. The highest BCUT2D eigenvalue weighted by Crippen LogP contribution is 2.28. The molecule has 3 nitrogen and oxygen atoms in total. The maximum atomic E-state index is 13.0. The summed E-state index contributed by atoms with van der Waals surface area (Å²) in [5.41, 5.74) is 0.107. The maximum Gasteiger partial charge on any atom is 0.305 e. The maximum absolute atomic E-state index is 13.0. The molecular formula is C12H15ClFNO2. The number of rotatable bonds is 4. The standard InChI is InChI=1S/C12H15ClFNO2/c1-12(2,7-11(16)17)15(3)8-4-5-10(14)9(13)6-8/h4-6H,7H2,1-3H3,(H,16,17). The van der Waals surface area contributed by atoms with Gasteiger partial charge in [-0.2, -0.15) is 0 Å². The summed E-state index contributed by atoms with van der Waals surface area (Å²) in [5.74, 6) is -1.37. The Kier molecular flexibility index (Phi) is 3.98. The molecule has 1 aromatic rings. The van der Waals surface area contributed by atoms with E-state index in [0.29, 0.717) is 5.69 Å². The third-order valence-electron chi connectivity index (χ3n) is 2.78. The van der Waals surface area contributed by atoms with Crippen molar-refractivity contribution in [3.63, 3.8) is 0 Å². The Morgan fingerprint density at radius 1 is 1.53 bits per heavy atom. The second-order valence-electron chi connectivity index (χ2n) is 4.54. The van der Waals surface area contributed by atoms with Gasteiger partial charge in [0.05, 0.1) is 11.4 Å². The van der Waals surface area contributed by atoms with Gasteiger partial charge in [-0.05, 0) is 32.0 Å². The van der Waals surface area contributed by atoms with Crippen molar-refractivity contribution in [1.82, 2.24) is 0 Å². The molecule has 0 spiro atoms. The first-order chi connectivity index (χ1) is 7.74. The van der Waals surface area contributed by atoms with Crippen LogP contribution in [0.3, 0.4) is 0 Å². The number of benzene rings is 1. The summed E-state index contributed by atoms with van der Waals surface area (Å²) in [6.07, 6.45) is -0.0154. The van der Waals surface area contributed by atoms with Gasteiger partial charge in [0.1, 0.15) is 5.82 Å². The highest BCUT2D eigenvalue weighted by Gasteiger charge is 2.27. The van der Waals surface area contributed by atoms with Gasteiger partial charge in [0.25, 0.3) is 0 Å². The number of anilines is 1. The fraction of sp³-hybridized carbons (Fsp3) is 0.417. The predicted octanol–water partition coefficient (Wildman–Crippen LogP) is 3.17. The highest BCUT2D eigenvalue weighted by molar-refractivity contribution is 6.31. The summed E-state index contributed by atoms with van der Waals surface area (Å²) in [6.45, 7) is 3.61. The van der Waals surface area contributed by atoms with Crippen LogP contribution in [0.5, 0.6) is 0 Å². The molecule has 1 rings (SSSR count). The zero-order valence-corrected chi connectivity index (χ0v) is 10.8. The van der Waals surface area contributed by atoms with Crippen molar-refractivity contribution in [1.29, 1.82) is 0 Å². The monoisotopic (exact) mass is 259 g/mol. The average molecular weight is 260 g/mol. The second-order valence-corrected chi connectivity index (χ2v) is 4.95. The number of hydrogen-bond donors (Lipinski definition) is 1. The minimum Gasteiger partial charge on any atom is -0.481 e. The van der Waals surface area contributed by atoms with E-state index < -0.39 is 17.3 Å². The lowest BCUT2D eigenvalue weighted by Crippen LogP contribution is -2.43. The van der Waals surface area contributed by atoms with Gasteiger partial charge in [0, 0.05) is 18.3 Å². The van der Waals surface area contributed by atoms with Crippen molar-refractivity contribution in [2.75, 3.05) is 11.9 Å². The second kappa shape index (κ2) is 4.92. The van der Waals surface area contributed by atoms with Gasteiger partial charge >= 0.3 is 5.97 Å². The Balaban J connectivity index is 2.98. The Morgan fingerprint density at radius 2 is 2.12 bits per heavy atom. The number of hydrogen-bond acceptors (Lipinski definition) is 2. The SMILES string of the molecule is CN(c1ccc(F)c(Cl)c1)C(C)(C)CC(=O)O. The predicted molar refractivity (Wildman–Crippen MR) is 66.1 cm³/mol. The van der Waals surface area contributed by atoms with E-state index in [-0.39, 0.29) is 11.4 Å². The van der Waals surface area contributed by atoms with Gasteiger partial charge in [-0.25, -0.2) is 4.39 Å².